The molecule has 4 nitrogen and oxygen atoms in total. The Morgan fingerprint density at radius 3 is 2.26 bits per heavy atom. The molecule has 0 aromatic heterocycles. The van der Waals surface area contributed by atoms with Crippen molar-refractivity contribution in [3.05, 3.63) is 28.8 Å². The summed E-state index contributed by atoms with van der Waals surface area (Å²) in [4.78, 5) is 11.3. The number of aryl methyl sites for hydroxylation is 2. The molecule has 0 fully saturated rings. The summed E-state index contributed by atoms with van der Waals surface area (Å²) < 4.78 is 57.3. The number of alkyl halides is 4. The van der Waals surface area contributed by atoms with E-state index in [0.29, 0.717) is 16.8 Å². The molecule has 0 amide bonds. The van der Waals surface area contributed by atoms with E-state index in [1.807, 2.05) is 0 Å². The second kappa shape index (κ2) is 7.63. The molecule has 2 N–H and O–H groups in total. The molecule has 1 aromatic rings. The van der Waals surface area contributed by atoms with E-state index in [-0.39, 0.29) is 13.2 Å². The van der Waals surface area contributed by atoms with Crippen LogP contribution in [0.25, 0.3) is 0 Å². The Hall–Kier alpha value is -1.83. The number of carbonyl (C=O) groups is 1. The molecule has 0 aliphatic carbocycles. The molecule has 0 heterocycles. The maximum Gasteiger partial charge on any atom is 0.325 e. The van der Waals surface area contributed by atoms with Gasteiger partial charge in [-0.15, -0.1) is 0 Å². The average Bonchev–Trinajstić information content (AvgIpc) is 2.45. The Bertz CT molecular complexity index is 541. The van der Waals surface area contributed by atoms with Crippen molar-refractivity contribution in [2.75, 3.05) is 18.5 Å². The molecule has 0 bridgehead atoms. The standard InChI is InChI=1S/C15H19F4NO3/c1-4-23-11(21)7-20-12-8(2)5-10(6-9(12)3)15(18,19)13(22)14(16)17/h5-6,13-14,20,22H,4,7H2,1-3H3. The average molecular weight is 337 g/mol. The Morgan fingerprint density at radius 2 is 1.83 bits per heavy atom. The molecular formula is C15H19F4NO3. The Kier molecular flexibility index (Phi) is 6.37. The van der Waals surface area contributed by atoms with Crippen LogP contribution in [0.15, 0.2) is 12.1 Å². The van der Waals surface area contributed by atoms with Crippen LogP contribution in [-0.2, 0) is 15.5 Å². The highest BCUT2D eigenvalue weighted by atomic mass is 19.3. The first kappa shape index (κ1) is 19.2. The lowest BCUT2D eigenvalue weighted by Gasteiger charge is -2.24. The summed E-state index contributed by atoms with van der Waals surface area (Å²) in [6.07, 6.45) is -6.65. The van der Waals surface area contributed by atoms with E-state index in [1.54, 1.807) is 6.92 Å². The molecule has 0 aliphatic rings. The van der Waals surface area contributed by atoms with Crippen LogP contribution in [0.3, 0.4) is 0 Å². The van der Waals surface area contributed by atoms with Crippen molar-refractivity contribution in [1.29, 1.82) is 0 Å². The first-order valence-corrected chi connectivity index (χ1v) is 6.96. The Labute approximate surface area is 131 Å². The predicted molar refractivity (Wildman–Crippen MR) is 76.9 cm³/mol. The lowest BCUT2D eigenvalue weighted by molar-refractivity contribution is -0.168. The van der Waals surface area contributed by atoms with Crippen molar-refractivity contribution in [3.63, 3.8) is 0 Å². The minimum atomic E-state index is -4.08. The molecule has 0 spiro atoms. The molecular weight excluding hydrogens is 318 g/mol. The fourth-order valence-corrected chi connectivity index (χ4v) is 2.14. The second-order valence-corrected chi connectivity index (χ2v) is 5.05. The lowest BCUT2D eigenvalue weighted by Crippen LogP contribution is -2.37. The van der Waals surface area contributed by atoms with Crippen molar-refractivity contribution in [2.24, 2.45) is 0 Å². The smallest absolute Gasteiger partial charge is 0.325 e. The van der Waals surface area contributed by atoms with Crippen molar-refractivity contribution in [1.82, 2.24) is 0 Å². The molecule has 23 heavy (non-hydrogen) atoms. The van der Waals surface area contributed by atoms with Crippen LogP contribution < -0.4 is 5.32 Å². The summed E-state index contributed by atoms with van der Waals surface area (Å²) in [7, 11) is 0. The molecule has 8 heteroatoms. The zero-order valence-corrected chi connectivity index (χ0v) is 13.0. The predicted octanol–water partition coefficient (Wildman–Crippen LogP) is 3.00. The van der Waals surface area contributed by atoms with Crippen LogP contribution in [0.4, 0.5) is 23.2 Å². The number of aliphatic hydroxyl groups excluding tert-OH is 1. The zero-order chi connectivity index (χ0) is 17.8. The number of hydrogen-bond acceptors (Lipinski definition) is 4. The van der Waals surface area contributed by atoms with Gasteiger partial charge in [-0.25, -0.2) is 8.78 Å². The normalized spacial score (nSPS) is 13.1. The third-order valence-corrected chi connectivity index (χ3v) is 3.24. The lowest BCUT2D eigenvalue weighted by atomic mass is 9.97. The van der Waals surface area contributed by atoms with Gasteiger partial charge in [0.15, 0.2) is 6.10 Å². The van der Waals surface area contributed by atoms with Crippen LogP contribution in [0, 0.1) is 13.8 Å². The van der Waals surface area contributed by atoms with Crippen LogP contribution >= 0.6 is 0 Å². The van der Waals surface area contributed by atoms with Gasteiger partial charge < -0.3 is 15.2 Å². The molecule has 1 atom stereocenters. The number of anilines is 1. The van der Waals surface area contributed by atoms with Gasteiger partial charge in [0.05, 0.1) is 6.61 Å². The van der Waals surface area contributed by atoms with Gasteiger partial charge >= 0.3 is 11.9 Å². The van der Waals surface area contributed by atoms with Gasteiger partial charge in [-0.05, 0) is 44.0 Å². The topological polar surface area (TPSA) is 58.6 Å². The number of benzene rings is 1. The maximum atomic E-state index is 13.9. The van der Waals surface area contributed by atoms with E-state index < -0.39 is 30.0 Å². The number of esters is 1. The van der Waals surface area contributed by atoms with E-state index in [0.717, 1.165) is 12.1 Å². The molecule has 1 aromatic carbocycles. The SMILES string of the molecule is CCOC(=O)CNc1c(C)cc(C(F)(F)C(O)C(F)F)cc1C. The van der Waals surface area contributed by atoms with Gasteiger partial charge in [-0.2, -0.15) is 8.78 Å². The fraction of sp³-hybridized carbons (Fsp3) is 0.533. The number of carbonyl (C=O) groups excluding carboxylic acids is 1. The number of halogens is 4. The minimum Gasteiger partial charge on any atom is -0.465 e. The fourth-order valence-electron chi connectivity index (χ4n) is 2.14. The summed E-state index contributed by atoms with van der Waals surface area (Å²) in [5.74, 6) is -4.59. The summed E-state index contributed by atoms with van der Waals surface area (Å²) in [5, 5.41) is 11.8. The maximum absolute atomic E-state index is 13.9. The second-order valence-electron chi connectivity index (χ2n) is 5.05. The first-order chi connectivity index (χ1) is 10.6. The summed E-state index contributed by atoms with van der Waals surface area (Å²) in [6.45, 7) is 4.71. The van der Waals surface area contributed by atoms with Gasteiger partial charge in [-0.1, -0.05) is 0 Å². The summed E-state index contributed by atoms with van der Waals surface area (Å²) in [6, 6.07) is 2.01. The molecule has 1 unspecified atom stereocenters. The van der Waals surface area contributed by atoms with Crippen LogP contribution in [0.1, 0.15) is 23.6 Å². The Morgan fingerprint density at radius 1 is 1.30 bits per heavy atom. The van der Waals surface area contributed by atoms with Crippen molar-refractivity contribution < 1.29 is 32.2 Å². The quantitative estimate of drug-likeness (QED) is 0.593. The van der Waals surface area contributed by atoms with E-state index in [9.17, 15) is 22.4 Å². The van der Waals surface area contributed by atoms with Gasteiger partial charge in [0.1, 0.15) is 6.54 Å². The molecule has 130 valence electrons. The monoisotopic (exact) mass is 337 g/mol. The van der Waals surface area contributed by atoms with E-state index in [1.165, 1.54) is 13.8 Å². The largest absolute Gasteiger partial charge is 0.465 e. The van der Waals surface area contributed by atoms with Crippen LogP contribution in [0.2, 0.25) is 0 Å². The van der Waals surface area contributed by atoms with Gasteiger partial charge in [0, 0.05) is 11.3 Å². The highest BCUT2D eigenvalue weighted by Gasteiger charge is 2.46. The Balaban J connectivity index is 3.03. The molecule has 0 saturated carbocycles. The highest BCUT2D eigenvalue weighted by molar-refractivity contribution is 5.76. The van der Waals surface area contributed by atoms with E-state index in [2.05, 4.69) is 5.32 Å². The third kappa shape index (κ3) is 4.57. The van der Waals surface area contributed by atoms with E-state index in [4.69, 9.17) is 9.84 Å². The highest BCUT2D eigenvalue weighted by Crippen LogP contribution is 2.37. The first-order valence-electron chi connectivity index (χ1n) is 6.96. The molecule has 1 rings (SSSR count). The number of nitrogens with one attached hydrogen (secondary N) is 1. The number of aliphatic hydroxyl groups is 1. The van der Waals surface area contributed by atoms with Gasteiger partial charge in [0.2, 0.25) is 0 Å². The third-order valence-electron chi connectivity index (χ3n) is 3.24. The van der Waals surface area contributed by atoms with Crippen molar-refractivity contribution >= 4 is 11.7 Å². The van der Waals surface area contributed by atoms with Crippen LogP contribution in [-0.4, -0.2) is 36.8 Å². The number of hydrogen-bond donors (Lipinski definition) is 2. The molecule has 0 saturated heterocycles. The van der Waals surface area contributed by atoms with Gasteiger partial charge in [-0.3, -0.25) is 4.79 Å². The summed E-state index contributed by atoms with van der Waals surface area (Å²) in [5.41, 5.74) is 0.405. The summed E-state index contributed by atoms with van der Waals surface area (Å²) >= 11 is 0. The van der Waals surface area contributed by atoms with E-state index >= 15 is 0 Å². The van der Waals surface area contributed by atoms with Crippen LogP contribution in [0.5, 0.6) is 0 Å². The molecule has 0 aliphatic heterocycles. The number of rotatable bonds is 7. The minimum absolute atomic E-state index is 0.148. The van der Waals surface area contributed by atoms with Crippen molar-refractivity contribution in [2.45, 2.75) is 39.2 Å². The van der Waals surface area contributed by atoms with Gasteiger partial charge in [0.25, 0.3) is 6.43 Å². The van der Waals surface area contributed by atoms with Crippen molar-refractivity contribution in [3.8, 4) is 0 Å². The number of ether oxygens (including phenoxy) is 1. The zero-order valence-electron chi connectivity index (χ0n) is 13.0. The molecule has 0 radical (unpaired) electrons.